The number of hydrogen-bond acceptors (Lipinski definition) is 3. The van der Waals surface area contributed by atoms with Gasteiger partial charge in [-0.3, -0.25) is 0 Å². The third-order valence-electron chi connectivity index (χ3n) is 1.89. The summed E-state index contributed by atoms with van der Waals surface area (Å²) in [7, 11) is 3.82. The van der Waals surface area contributed by atoms with E-state index >= 15 is 0 Å². The van der Waals surface area contributed by atoms with Gasteiger partial charge in [-0.1, -0.05) is 12.2 Å². The highest BCUT2D eigenvalue weighted by molar-refractivity contribution is 7.80. The molecule has 0 amide bonds. The molecule has 0 saturated heterocycles. The Morgan fingerprint density at radius 1 is 1.38 bits per heavy atom. The summed E-state index contributed by atoms with van der Waals surface area (Å²) in [6.07, 6.45) is 3.11. The van der Waals surface area contributed by atoms with E-state index in [9.17, 15) is 0 Å². The zero-order chi connectivity index (χ0) is 10.1. The average Bonchev–Trinajstić information content (AvgIpc) is 2.08. The second-order valence-electron chi connectivity index (χ2n) is 3.22. The van der Waals surface area contributed by atoms with Crippen LogP contribution < -0.4 is 5.73 Å². The maximum absolute atomic E-state index is 5.39. The van der Waals surface area contributed by atoms with Crippen molar-refractivity contribution in [3.63, 3.8) is 0 Å². The van der Waals surface area contributed by atoms with Gasteiger partial charge in [0.1, 0.15) is 0 Å². The molecule has 0 bridgehead atoms. The number of thiocarbonyl (C=S) groups is 1. The van der Waals surface area contributed by atoms with E-state index in [0.29, 0.717) is 4.99 Å². The number of ether oxygens (including phenoxy) is 1. The molecule has 0 heterocycles. The molecule has 0 aliphatic rings. The average molecular weight is 204 g/mol. The van der Waals surface area contributed by atoms with Crippen molar-refractivity contribution in [2.75, 3.05) is 33.9 Å². The van der Waals surface area contributed by atoms with Crippen molar-refractivity contribution in [1.29, 1.82) is 0 Å². The minimum atomic E-state index is 0.625. The standard InChI is InChI=1S/C9H20N2OS/c1-11(7-8-12-2)6-4-3-5-9(10)13/h3-8H2,1-2H3,(H2,10,13). The fraction of sp³-hybridized carbons (Fsp3) is 0.889. The highest BCUT2D eigenvalue weighted by atomic mass is 32.1. The summed E-state index contributed by atoms with van der Waals surface area (Å²) in [5.41, 5.74) is 5.39. The lowest BCUT2D eigenvalue weighted by Crippen LogP contribution is -2.24. The molecular weight excluding hydrogens is 184 g/mol. The molecule has 0 aliphatic heterocycles. The molecule has 2 N–H and O–H groups in total. The van der Waals surface area contributed by atoms with Crippen molar-refractivity contribution in [2.45, 2.75) is 19.3 Å². The van der Waals surface area contributed by atoms with Gasteiger partial charge in [0.15, 0.2) is 0 Å². The molecule has 0 unspecified atom stereocenters. The number of nitrogens with two attached hydrogens (primary N) is 1. The number of unbranched alkanes of at least 4 members (excludes halogenated alkanes) is 1. The first-order valence-electron chi connectivity index (χ1n) is 4.62. The number of likely N-dealkylation sites (N-methyl/N-ethyl adjacent to an activating group) is 1. The fourth-order valence-corrected chi connectivity index (χ4v) is 1.18. The molecule has 0 saturated carbocycles. The zero-order valence-corrected chi connectivity index (χ0v) is 9.40. The van der Waals surface area contributed by atoms with E-state index in [4.69, 9.17) is 22.7 Å². The first-order chi connectivity index (χ1) is 6.16. The molecule has 0 aromatic carbocycles. The van der Waals surface area contributed by atoms with Crippen molar-refractivity contribution in [3.05, 3.63) is 0 Å². The third kappa shape index (κ3) is 9.73. The van der Waals surface area contributed by atoms with Gasteiger partial charge in [-0.2, -0.15) is 0 Å². The first-order valence-corrected chi connectivity index (χ1v) is 5.03. The van der Waals surface area contributed by atoms with Crippen molar-refractivity contribution < 1.29 is 4.74 Å². The Hall–Kier alpha value is -0.190. The molecule has 3 nitrogen and oxygen atoms in total. The molecule has 78 valence electrons. The van der Waals surface area contributed by atoms with Crippen LogP contribution in [-0.4, -0.2) is 43.7 Å². The first kappa shape index (κ1) is 12.8. The molecule has 0 aliphatic carbocycles. The summed E-state index contributed by atoms with van der Waals surface area (Å²) in [6, 6.07) is 0. The van der Waals surface area contributed by atoms with Gasteiger partial charge in [-0.05, 0) is 32.9 Å². The van der Waals surface area contributed by atoms with Crippen LogP contribution in [0.15, 0.2) is 0 Å². The van der Waals surface area contributed by atoms with Gasteiger partial charge >= 0.3 is 0 Å². The van der Waals surface area contributed by atoms with Crippen molar-refractivity contribution in [1.82, 2.24) is 4.90 Å². The van der Waals surface area contributed by atoms with Gasteiger partial charge in [-0.25, -0.2) is 0 Å². The van der Waals surface area contributed by atoms with Crippen LogP contribution in [0.1, 0.15) is 19.3 Å². The van der Waals surface area contributed by atoms with Gasteiger partial charge in [-0.15, -0.1) is 0 Å². The third-order valence-corrected chi connectivity index (χ3v) is 2.09. The molecule has 0 rings (SSSR count). The second kappa shape index (κ2) is 8.41. The molecule has 0 aromatic rings. The Morgan fingerprint density at radius 3 is 2.62 bits per heavy atom. The predicted octanol–water partition coefficient (Wildman–Crippen LogP) is 1.02. The lowest BCUT2D eigenvalue weighted by Gasteiger charge is -2.15. The molecule has 4 heteroatoms. The largest absolute Gasteiger partial charge is 0.393 e. The smallest absolute Gasteiger partial charge is 0.0727 e. The Balaban J connectivity index is 3.16. The van der Waals surface area contributed by atoms with E-state index in [1.807, 2.05) is 0 Å². The normalized spacial score (nSPS) is 10.7. The monoisotopic (exact) mass is 204 g/mol. The van der Waals surface area contributed by atoms with E-state index in [0.717, 1.165) is 39.0 Å². The topological polar surface area (TPSA) is 38.5 Å². The van der Waals surface area contributed by atoms with E-state index in [2.05, 4.69) is 11.9 Å². The second-order valence-corrected chi connectivity index (χ2v) is 3.74. The summed E-state index contributed by atoms with van der Waals surface area (Å²) in [5.74, 6) is 0. The quantitative estimate of drug-likeness (QED) is 0.473. The van der Waals surface area contributed by atoms with E-state index in [1.165, 1.54) is 0 Å². The summed E-state index contributed by atoms with van der Waals surface area (Å²) in [6.45, 7) is 2.88. The molecular formula is C9H20N2OS. The zero-order valence-electron chi connectivity index (χ0n) is 8.58. The molecule has 0 spiro atoms. The minimum absolute atomic E-state index is 0.625. The van der Waals surface area contributed by atoms with Gasteiger partial charge in [0.25, 0.3) is 0 Å². The SMILES string of the molecule is COCCN(C)CCCCC(N)=S. The van der Waals surface area contributed by atoms with E-state index < -0.39 is 0 Å². The van der Waals surface area contributed by atoms with Crippen LogP contribution in [-0.2, 0) is 4.74 Å². The summed E-state index contributed by atoms with van der Waals surface area (Å²) < 4.78 is 4.97. The van der Waals surface area contributed by atoms with E-state index in [-0.39, 0.29) is 0 Å². The summed E-state index contributed by atoms with van der Waals surface area (Å²) in [4.78, 5) is 2.88. The van der Waals surface area contributed by atoms with Crippen LogP contribution in [0.4, 0.5) is 0 Å². The molecule has 0 atom stereocenters. The Bertz CT molecular complexity index is 142. The predicted molar refractivity (Wildman–Crippen MR) is 60.0 cm³/mol. The number of rotatable bonds is 8. The van der Waals surface area contributed by atoms with Gasteiger partial charge in [0.2, 0.25) is 0 Å². The van der Waals surface area contributed by atoms with Crippen LogP contribution >= 0.6 is 12.2 Å². The lowest BCUT2D eigenvalue weighted by atomic mass is 10.2. The lowest BCUT2D eigenvalue weighted by molar-refractivity contribution is 0.160. The van der Waals surface area contributed by atoms with Gasteiger partial charge in [0, 0.05) is 13.7 Å². The molecule has 0 fully saturated rings. The maximum atomic E-state index is 5.39. The fourth-order valence-electron chi connectivity index (χ4n) is 1.04. The number of hydrogen-bond donors (Lipinski definition) is 1. The summed E-state index contributed by atoms with van der Waals surface area (Å²) in [5, 5.41) is 0. The minimum Gasteiger partial charge on any atom is -0.393 e. The van der Waals surface area contributed by atoms with Crippen LogP contribution in [0.3, 0.4) is 0 Å². The van der Waals surface area contributed by atoms with Crippen molar-refractivity contribution >= 4 is 17.2 Å². The van der Waals surface area contributed by atoms with Crippen LogP contribution in [0, 0.1) is 0 Å². The number of nitrogens with zero attached hydrogens (tertiary/aromatic N) is 1. The highest BCUT2D eigenvalue weighted by Crippen LogP contribution is 1.97. The molecule has 13 heavy (non-hydrogen) atoms. The number of methoxy groups -OCH3 is 1. The maximum Gasteiger partial charge on any atom is 0.0727 e. The molecule has 0 radical (unpaired) electrons. The van der Waals surface area contributed by atoms with Gasteiger partial charge in [0.05, 0.1) is 11.6 Å². The van der Waals surface area contributed by atoms with E-state index in [1.54, 1.807) is 7.11 Å². The van der Waals surface area contributed by atoms with Crippen molar-refractivity contribution in [3.8, 4) is 0 Å². The molecule has 0 aromatic heterocycles. The van der Waals surface area contributed by atoms with Crippen molar-refractivity contribution in [2.24, 2.45) is 5.73 Å². The summed E-state index contributed by atoms with van der Waals surface area (Å²) >= 11 is 4.79. The van der Waals surface area contributed by atoms with Crippen LogP contribution in [0.25, 0.3) is 0 Å². The van der Waals surface area contributed by atoms with Crippen LogP contribution in [0.5, 0.6) is 0 Å². The van der Waals surface area contributed by atoms with Crippen LogP contribution in [0.2, 0.25) is 0 Å². The Morgan fingerprint density at radius 2 is 2.08 bits per heavy atom. The highest BCUT2D eigenvalue weighted by Gasteiger charge is 1.97. The Labute approximate surface area is 86.2 Å². The van der Waals surface area contributed by atoms with Gasteiger partial charge < -0.3 is 15.4 Å². The Kier molecular flexibility index (Phi) is 8.29.